The summed E-state index contributed by atoms with van der Waals surface area (Å²) in [6.45, 7) is 0.358. The second-order valence-electron chi connectivity index (χ2n) is 3.09. The molecule has 0 aliphatic rings. The summed E-state index contributed by atoms with van der Waals surface area (Å²) >= 11 is 0. The molecule has 15 heavy (non-hydrogen) atoms. The molecule has 3 nitrogen and oxygen atoms in total. The average Bonchev–Trinajstić information content (AvgIpc) is 2.14. The molecule has 0 saturated heterocycles. The lowest BCUT2D eigenvalue weighted by atomic mass is 10.2. The molecule has 1 amide bonds. The van der Waals surface area contributed by atoms with Gasteiger partial charge in [0, 0.05) is 25.6 Å². The van der Waals surface area contributed by atoms with Crippen LogP contribution in [0.25, 0.3) is 0 Å². The maximum Gasteiger partial charge on any atom is 0.221 e. The van der Waals surface area contributed by atoms with E-state index in [4.69, 9.17) is 5.73 Å². The standard InChI is InChI=1S/C10H12F2N2O/c11-8-3-7(4-9(12)5-8)6-14-10(15)1-2-13/h3-5H,1-2,6,13H2,(H,14,15). The van der Waals surface area contributed by atoms with Crippen LogP contribution in [0, 0.1) is 11.6 Å². The number of hydrogen-bond donors (Lipinski definition) is 2. The van der Waals surface area contributed by atoms with Crippen molar-refractivity contribution in [3.8, 4) is 0 Å². The van der Waals surface area contributed by atoms with Gasteiger partial charge in [-0.25, -0.2) is 8.78 Å². The number of halogens is 2. The molecule has 0 radical (unpaired) electrons. The highest BCUT2D eigenvalue weighted by Crippen LogP contribution is 2.07. The number of carbonyl (C=O) groups is 1. The van der Waals surface area contributed by atoms with Gasteiger partial charge in [0.25, 0.3) is 0 Å². The molecule has 0 fully saturated rings. The first kappa shape index (κ1) is 11.6. The zero-order valence-corrected chi connectivity index (χ0v) is 8.09. The molecule has 0 unspecified atom stereocenters. The summed E-state index contributed by atoms with van der Waals surface area (Å²) in [5, 5.41) is 2.50. The second-order valence-corrected chi connectivity index (χ2v) is 3.09. The van der Waals surface area contributed by atoms with Crippen LogP contribution in [-0.4, -0.2) is 12.5 Å². The molecular formula is C10H12F2N2O. The predicted molar refractivity (Wildman–Crippen MR) is 51.9 cm³/mol. The summed E-state index contributed by atoms with van der Waals surface area (Å²) in [7, 11) is 0. The molecule has 1 rings (SSSR count). The molecule has 1 aromatic rings. The Kier molecular flexibility index (Phi) is 4.17. The van der Waals surface area contributed by atoms with Gasteiger partial charge >= 0.3 is 0 Å². The molecule has 0 aliphatic carbocycles. The Morgan fingerprint density at radius 3 is 2.40 bits per heavy atom. The normalized spacial score (nSPS) is 10.1. The molecule has 5 heteroatoms. The largest absolute Gasteiger partial charge is 0.352 e. The smallest absolute Gasteiger partial charge is 0.221 e. The summed E-state index contributed by atoms with van der Waals surface area (Å²) in [6.07, 6.45) is 0.206. The topological polar surface area (TPSA) is 55.1 Å². The molecule has 0 atom stereocenters. The van der Waals surface area contributed by atoms with E-state index in [1.54, 1.807) is 0 Å². The van der Waals surface area contributed by atoms with Crippen LogP contribution in [-0.2, 0) is 11.3 Å². The molecule has 0 aliphatic heterocycles. The van der Waals surface area contributed by atoms with Gasteiger partial charge in [-0.2, -0.15) is 0 Å². The summed E-state index contributed by atoms with van der Waals surface area (Å²) in [5.41, 5.74) is 5.55. The fraction of sp³-hybridized carbons (Fsp3) is 0.300. The Balaban J connectivity index is 2.54. The summed E-state index contributed by atoms with van der Waals surface area (Å²) in [6, 6.07) is 3.13. The minimum atomic E-state index is -0.655. The Morgan fingerprint density at radius 1 is 1.27 bits per heavy atom. The molecule has 0 aromatic heterocycles. The maximum atomic E-state index is 12.7. The predicted octanol–water partition coefficient (Wildman–Crippen LogP) is 0.930. The van der Waals surface area contributed by atoms with Gasteiger partial charge in [-0.1, -0.05) is 0 Å². The Hall–Kier alpha value is -1.49. The zero-order valence-electron chi connectivity index (χ0n) is 8.09. The quantitative estimate of drug-likeness (QED) is 0.783. The van der Waals surface area contributed by atoms with Gasteiger partial charge in [0.15, 0.2) is 0 Å². The fourth-order valence-corrected chi connectivity index (χ4v) is 1.13. The molecule has 0 saturated carbocycles. The van der Waals surface area contributed by atoms with Crippen LogP contribution in [0.15, 0.2) is 18.2 Å². The van der Waals surface area contributed by atoms with E-state index in [2.05, 4.69) is 5.32 Å². The maximum absolute atomic E-state index is 12.7. The van der Waals surface area contributed by atoms with Crippen LogP contribution in [0.1, 0.15) is 12.0 Å². The monoisotopic (exact) mass is 214 g/mol. The molecule has 0 bridgehead atoms. The number of carbonyl (C=O) groups excluding carboxylic acids is 1. The first-order valence-corrected chi connectivity index (χ1v) is 4.53. The van der Waals surface area contributed by atoms with Gasteiger partial charge in [0.2, 0.25) is 5.91 Å². The highest BCUT2D eigenvalue weighted by Gasteiger charge is 2.02. The van der Waals surface area contributed by atoms with Crippen molar-refractivity contribution < 1.29 is 13.6 Å². The van der Waals surface area contributed by atoms with Crippen molar-refractivity contribution in [3.63, 3.8) is 0 Å². The molecule has 0 heterocycles. The van der Waals surface area contributed by atoms with E-state index in [1.807, 2.05) is 0 Å². The number of nitrogens with two attached hydrogens (primary N) is 1. The third-order valence-corrected chi connectivity index (χ3v) is 1.78. The SMILES string of the molecule is NCCC(=O)NCc1cc(F)cc(F)c1. The third-order valence-electron chi connectivity index (χ3n) is 1.78. The lowest BCUT2D eigenvalue weighted by Crippen LogP contribution is -2.25. The number of benzene rings is 1. The van der Waals surface area contributed by atoms with E-state index in [9.17, 15) is 13.6 Å². The highest BCUT2D eigenvalue weighted by molar-refractivity contribution is 5.75. The van der Waals surface area contributed by atoms with Crippen LogP contribution >= 0.6 is 0 Å². The van der Waals surface area contributed by atoms with E-state index < -0.39 is 11.6 Å². The molecule has 1 aromatic carbocycles. The van der Waals surface area contributed by atoms with Crippen LogP contribution in [0.3, 0.4) is 0 Å². The number of amides is 1. The van der Waals surface area contributed by atoms with Gasteiger partial charge in [-0.3, -0.25) is 4.79 Å². The first-order chi connectivity index (χ1) is 7.11. The average molecular weight is 214 g/mol. The van der Waals surface area contributed by atoms with Crippen molar-refractivity contribution in [3.05, 3.63) is 35.4 Å². The van der Waals surface area contributed by atoms with E-state index in [-0.39, 0.29) is 25.4 Å². The number of nitrogens with one attached hydrogen (secondary N) is 1. The van der Waals surface area contributed by atoms with Crippen LogP contribution in [0.5, 0.6) is 0 Å². The fourth-order valence-electron chi connectivity index (χ4n) is 1.13. The minimum absolute atomic E-state index is 0.105. The van der Waals surface area contributed by atoms with Crippen molar-refractivity contribution in [2.75, 3.05) is 6.54 Å². The van der Waals surface area contributed by atoms with Crippen molar-refractivity contribution in [1.29, 1.82) is 0 Å². The van der Waals surface area contributed by atoms with Gasteiger partial charge in [0.05, 0.1) is 0 Å². The van der Waals surface area contributed by atoms with Crippen LogP contribution < -0.4 is 11.1 Å². The lowest BCUT2D eigenvalue weighted by molar-refractivity contribution is -0.121. The van der Waals surface area contributed by atoms with Crippen LogP contribution in [0.4, 0.5) is 8.78 Å². The molecule has 3 N–H and O–H groups in total. The van der Waals surface area contributed by atoms with Crippen LogP contribution in [0.2, 0.25) is 0 Å². The summed E-state index contributed by atoms with van der Waals surface area (Å²) < 4.78 is 25.5. The zero-order chi connectivity index (χ0) is 11.3. The van der Waals surface area contributed by atoms with Crippen molar-refractivity contribution in [1.82, 2.24) is 5.32 Å². The summed E-state index contributed by atoms with van der Waals surface area (Å²) in [4.78, 5) is 11.0. The second kappa shape index (κ2) is 5.41. The Bertz CT molecular complexity index is 335. The van der Waals surface area contributed by atoms with Crippen molar-refractivity contribution in [2.45, 2.75) is 13.0 Å². The van der Waals surface area contributed by atoms with E-state index >= 15 is 0 Å². The summed E-state index contributed by atoms with van der Waals surface area (Å²) in [5.74, 6) is -1.54. The Morgan fingerprint density at radius 2 is 1.87 bits per heavy atom. The van der Waals surface area contributed by atoms with Gasteiger partial charge in [0.1, 0.15) is 11.6 Å². The first-order valence-electron chi connectivity index (χ1n) is 4.53. The minimum Gasteiger partial charge on any atom is -0.352 e. The van der Waals surface area contributed by atoms with Gasteiger partial charge in [-0.15, -0.1) is 0 Å². The van der Waals surface area contributed by atoms with Gasteiger partial charge < -0.3 is 11.1 Å². The lowest BCUT2D eigenvalue weighted by Gasteiger charge is -2.04. The number of rotatable bonds is 4. The van der Waals surface area contributed by atoms with Crippen molar-refractivity contribution in [2.24, 2.45) is 5.73 Å². The van der Waals surface area contributed by atoms with Crippen molar-refractivity contribution >= 4 is 5.91 Å². The van der Waals surface area contributed by atoms with Gasteiger partial charge in [-0.05, 0) is 17.7 Å². The molecule has 82 valence electrons. The van der Waals surface area contributed by atoms with E-state index in [1.165, 1.54) is 12.1 Å². The molecule has 0 spiro atoms. The number of hydrogen-bond acceptors (Lipinski definition) is 2. The Labute approximate surface area is 86.3 Å². The van der Waals surface area contributed by atoms with E-state index in [0.29, 0.717) is 5.56 Å². The van der Waals surface area contributed by atoms with E-state index in [0.717, 1.165) is 6.07 Å². The highest BCUT2D eigenvalue weighted by atomic mass is 19.1. The molecular weight excluding hydrogens is 202 g/mol. The third kappa shape index (κ3) is 4.03.